The van der Waals surface area contributed by atoms with Gasteiger partial charge in [0.25, 0.3) is 0 Å². The molecule has 4 heteroatoms. The number of likely N-dealkylation sites (tertiary alicyclic amines) is 1. The summed E-state index contributed by atoms with van der Waals surface area (Å²) in [5, 5.41) is 8.86. The fourth-order valence-corrected chi connectivity index (χ4v) is 2.74. The van der Waals surface area contributed by atoms with Crippen LogP contribution in [0.5, 0.6) is 0 Å². The van der Waals surface area contributed by atoms with E-state index in [1.807, 2.05) is 6.92 Å². The zero-order chi connectivity index (χ0) is 13.6. The maximum Gasteiger partial charge on any atom is 0.101 e. The number of rotatable bonds is 7. The van der Waals surface area contributed by atoms with Gasteiger partial charge in [0, 0.05) is 12.6 Å². The Bertz CT molecular complexity index is 282. The van der Waals surface area contributed by atoms with E-state index in [1.165, 1.54) is 19.4 Å². The minimum absolute atomic E-state index is 0.663. The van der Waals surface area contributed by atoms with Crippen molar-refractivity contribution in [2.75, 3.05) is 33.2 Å². The van der Waals surface area contributed by atoms with Crippen LogP contribution in [0.2, 0.25) is 0 Å². The highest BCUT2D eigenvalue weighted by atomic mass is 15.2. The molecule has 1 saturated heterocycles. The number of nitrogens with two attached hydrogens (primary N) is 1. The van der Waals surface area contributed by atoms with E-state index < -0.39 is 5.54 Å². The van der Waals surface area contributed by atoms with Crippen molar-refractivity contribution < 1.29 is 0 Å². The van der Waals surface area contributed by atoms with Gasteiger partial charge in [-0.3, -0.25) is 4.90 Å². The van der Waals surface area contributed by atoms with E-state index in [-0.39, 0.29) is 0 Å². The molecule has 0 spiro atoms. The van der Waals surface area contributed by atoms with Crippen LogP contribution in [-0.2, 0) is 0 Å². The number of nitrogens with zero attached hydrogens (tertiary/aromatic N) is 3. The molecule has 0 bridgehead atoms. The Hall–Kier alpha value is -0.630. The van der Waals surface area contributed by atoms with E-state index in [4.69, 9.17) is 11.0 Å². The van der Waals surface area contributed by atoms with Gasteiger partial charge in [0.2, 0.25) is 0 Å². The van der Waals surface area contributed by atoms with Crippen LogP contribution in [0.1, 0.15) is 39.5 Å². The Labute approximate surface area is 112 Å². The highest BCUT2D eigenvalue weighted by Crippen LogP contribution is 2.17. The Balaban J connectivity index is 2.22. The Kier molecular flexibility index (Phi) is 6.07. The molecule has 0 radical (unpaired) electrons. The second-order valence-electron chi connectivity index (χ2n) is 5.82. The lowest BCUT2D eigenvalue weighted by Crippen LogP contribution is -2.40. The van der Waals surface area contributed by atoms with Crippen LogP contribution in [-0.4, -0.2) is 54.6 Å². The molecule has 2 N–H and O–H groups in total. The zero-order valence-corrected chi connectivity index (χ0v) is 12.2. The van der Waals surface area contributed by atoms with Crippen LogP contribution in [0, 0.1) is 11.3 Å². The molecule has 1 aliphatic rings. The monoisotopic (exact) mass is 252 g/mol. The molecule has 18 heavy (non-hydrogen) atoms. The van der Waals surface area contributed by atoms with Crippen molar-refractivity contribution >= 4 is 0 Å². The van der Waals surface area contributed by atoms with Crippen LogP contribution in [0.15, 0.2) is 0 Å². The zero-order valence-electron chi connectivity index (χ0n) is 12.2. The first-order valence-corrected chi connectivity index (χ1v) is 7.11. The molecular weight excluding hydrogens is 224 g/mol. The fraction of sp³-hybridized carbons (Fsp3) is 0.929. The van der Waals surface area contributed by atoms with Crippen LogP contribution in [0.3, 0.4) is 0 Å². The first-order chi connectivity index (χ1) is 8.48. The van der Waals surface area contributed by atoms with Gasteiger partial charge in [-0.15, -0.1) is 0 Å². The lowest BCUT2D eigenvalue weighted by molar-refractivity contribution is 0.195. The number of likely N-dealkylation sites (N-methyl/N-ethyl adjacent to an activating group) is 2. The number of hydrogen-bond acceptors (Lipinski definition) is 4. The van der Waals surface area contributed by atoms with Crippen molar-refractivity contribution in [3.63, 3.8) is 0 Å². The molecule has 0 aromatic carbocycles. The third kappa shape index (κ3) is 4.93. The Morgan fingerprint density at radius 3 is 2.89 bits per heavy atom. The summed E-state index contributed by atoms with van der Waals surface area (Å²) in [6.07, 6.45) is 4.43. The molecule has 4 nitrogen and oxygen atoms in total. The standard InChI is InChI=1S/C14H28N4/c1-4-18-10-5-7-13(18)11-17(3)9-6-8-14(2,16)12-15/h13H,4-11,16H2,1-3H3. The average Bonchev–Trinajstić information content (AvgIpc) is 2.76. The molecule has 1 fully saturated rings. The van der Waals surface area contributed by atoms with E-state index in [9.17, 15) is 0 Å². The Morgan fingerprint density at radius 1 is 1.56 bits per heavy atom. The molecule has 0 aromatic rings. The summed E-state index contributed by atoms with van der Waals surface area (Å²) in [6, 6.07) is 2.88. The molecule has 1 aliphatic heterocycles. The average molecular weight is 252 g/mol. The summed E-state index contributed by atoms with van der Waals surface area (Å²) in [5.41, 5.74) is 5.16. The van der Waals surface area contributed by atoms with Gasteiger partial charge in [0.1, 0.15) is 5.54 Å². The van der Waals surface area contributed by atoms with Gasteiger partial charge in [-0.25, -0.2) is 0 Å². The van der Waals surface area contributed by atoms with Crippen LogP contribution in [0.4, 0.5) is 0 Å². The molecule has 0 aliphatic carbocycles. The van der Waals surface area contributed by atoms with Crippen molar-refractivity contribution in [1.82, 2.24) is 9.80 Å². The largest absolute Gasteiger partial charge is 0.314 e. The van der Waals surface area contributed by atoms with Crippen molar-refractivity contribution in [3.05, 3.63) is 0 Å². The van der Waals surface area contributed by atoms with E-state index >= 15 is 0 Å². The van der Waals surface area contributed by atoms with E-state index in [1.54, 1.807) is 0 Å². The summed E-state index contributed by atoms with van der Waals surface area (Å²) >= 11 is 0. The minimum atomic E-state index is -0.663. The first kappa shape index (κ1) is 15.4. The van der Waals surface area contributed by atoms with Gasteiger partial charge in [-0.1, -0.05) is 6.92 Å². The maximum absolute atomic E-state index is 8.86. The van der Waals surface area contributed by atoms with Crippen molar-refractivity contribution in [3.8, 4) is 6.07 Å². The van der Waals surface area contributed by atoms with Crippen molar-refractivity contribution in [2.45, 2.75) is 51.1 Å². The maximum atomic E-state index is 8.86. The SMILES string of the molecule is CCN1CCCC1CN(C)CCCC(C)(N)C#N. The van der Waals surface area contributed by atoms with Gasteiger partial charge in [-0.05, 0) is 59.3 Å². The second kappa shape index (κ2) is 7.08. The normalized spacial score (nSPS) is 24.1. The molecular formula is C14H28N4. The first-order valence-electron chi connectivity index (χ1n) is 7.11. The highest BCUT2D eigenvalue weighted by Gasteiger charge is 2.24. The van der Waals surface area contributed by atoms with E-state index in [0.717, 1.165) is 38.5 Å². The van der Waals surface area contributed by atoms with Crippen LogP contribution in [0.25, 0.3) is 0 Å². The quantitative estimate of drug-likeness (QED) is 0.744. The summed E-state index contributed by atoms with van der Waals surface area (Å²) in [6.45, 7) is 8.64. The molecule has 1 rings (SSSR count). The van der Waals surface area contributed by atoms with Gasteiger partial charge in [0.15, 0.2) is 0 Å². The summed E-state index contributed by atoms with van der Waals surface area (Å²) in [5.74, 6) is 0. The second-order valence-corrected chi connectivity index (χ2v) is 5.82. The molecule has 104 valence electrons. The number of hydrogen-bond donors (Lipinski definition) is 1. The smallest absolute Gasteiger partial charge is 0.101 e. The van der Waals surface area contributed by atoms with E-state index in [2.05, 4.69) is 29.8 Å². The lowest BCUT2D eigenvalue weighted by Gasteiger charge is -2.28. The molecule has 0 aromatic heterocycles. The Morgan fingerprint density at radius 2 is 2.28 bits per heavy atom. The van der Waals surface area contributed by atoms with Crippen molar-refractivity contribution in [1.29, 1.82) is 5.26 Å². The summed E-state index contributed by atoms with van der Waals surface area (Å²) < 4.78 is 0. The van der Waals surface area contributed by atoms with Crippen LogP contribution < -0.4 is 5.73 Å². The molecule has 0 saturated carbocycles. The fourth-order valence-electron chi connectivity index (χ4n) is 2.74. The van der Waals surface area contributed by atoms with Crippen LogP contribution >= 0.6 is 0 Å². The number of nitriles is 1. The molecule has 1 heterocycles. The summed E-state index contributed by atoms with van der Waals surface area (Å²) in [4.78, 5) is 4.95. The minimum Gasteiger partial charge on any atom is -0.314 e. The van der Waals surface area contributed by atoms with E-state index in [0.29, 0.717) is 0 Å². The predicted octanol–water partition coefficient (Wildman–Crippen LogP) is 1.42. The summed E-state index contributed by atoms with van der Waals surface area (Å²) in [7, 11) is 2.17. The highest BCUT2D eigenvalue weighted by molar-refractivity contribution is 5.00. The molecule has 2 atom stereocenters. The third-order valence-electron chi connectivity index (χ3n) is 3.92. The van der Waals surface area contributed by atoms with Gasteiger partial charge in [0.05, 0.1) is 6.07 Å². The topological polar surface area (TPSA) is 56.3 Å². The molecule has 0 amide bonds. The third-order valence-corrected chi connectivity index (χ3v) is 3.92. The van der Waals surface area contributed by atoms with Gasteiger partial charge in [-0.2, -0.15) is 5.26 Å². The van der Waals surface area contributed by atoms with Gasteiger partial charge >= 0.3 is 0 Å². The predicted molar refractivity (Wildman–Crippen MR) is 75.2 cm³/mol. The molecule has 2 unspecified atom stereocenters. The van der Waals surface area contributed by atoms with Gasteiger partial charge < -0.3 is 10.6 Å². The van der Waals surface area contributed by atoms with Crippen molar-refractivity contribution in [2.24, 2.45) is 5.73 Å². The lowest BCUT2D eigenvalue weighted by atomic mass is 9.99.